The van der Waals surface area contributed by atoms with Gasteiger partial charge in [-0.15, -0.1) is 0 Å². The number of carboxylic acids is 1. The van der Waals surface area contributed by atoms with E-state index in [0.29, 0.717) is 19.5 Å². The van der Waals surface area contributed by atoms with Crippen molar-refractivity contribution in [2.45, 2.75) is 13.3 Å². The highest BCUT2D eigenvalue weighted by molar-refractivity contribution is 7.89. The molecule has 1 aromatic rings. The quantitative estimate of drug-likeness (QED) is 0.901. The summed E-state index contributed by atoms with van der Waals surface area (Å²) in [7, 11) is -3.12. The largest absolute Gasteiger partial charge is 0.478 e. The average Bonchev–Trinajstić information content (AvgIpc) is 2.59. The van der Waals surface area contributed by atoms with Gasteiger partial charge in [0.25, 0.3) is 0 Å². The lowest BCUT2D eigenvalue weighted by Crippen LogP contribution is -2.28. The summed E-state index contributed by atoms with van der Waals surface area (Å²) in [6.07, 6.45) is 0.535. The number of hydrogen-bond donors (Lipinski definition) is 1. The summed E-state index contributed by atoms with van der Waals surface area (Å²) in [4.78, 5) is 10.9. The van der Waals surface area contributed by atoms with Crippen molar-refractivity contribution in [3.05, 3.63) is 35.4 Å². The lowest BCUT2D eigenvalue weighted by Gasteiger charge is -2.14. The van der Waals surface area contributed by atoms with E-state index in [4.69, 9.17) is 5.11 Å². The van der Waals surface area contributed by atoms with Gasteiger partial charge in [0, 0.05) is 13.1 Å². The number of benzene rings is 1. The Kier molecular flexibility index (Phi) is 3.91. The van der Waals surface area contributed by atoms with E-state index in [1.807, 2.05) is 13.0 Å². The van der Waals surface area contributed by atoms with Crippen LogP contribution in [0.4, 0.5) is 0 Å². The Morgan fingerprint density at radius 1 is 1.47 bits per heavy atom. The molecule has 0 saturated carbocycles. The molecule has 6 heteroatoms. The monoisotopic (exact) mass is 283 g/mol. The van der Waals surface area contributed by atoms with E-state index in [1.54, 1.807) is 12.1 Å². The zero-order valence-electron chi connectivity index (χ0n) is 10.7. The van der Waals surface area contributed by atoms with Gasteiger partial charge in [0.05, 0.1) is 11.3 Å². The van der Waals surface area contributed by atoms with Crippen LogP contribution < -0.4 is 0 Å². The molecular weight excluding hydrogens is 266 g/mol. The maximum atomic E-state index is 11.8. The maximum absolute atomic E-state index is 11.8. The van der Waals surface area contributed by atoms with Crippen LogP contribution in [0.25, 0.3) is 0 Å². The third-order valence-electron chi connectivity index (χ3n) is 3.23. The molecule has 1 atom stereocenters. The van der Waals surface area contributed by atoms with Crippen molar-refractivity contribution < 1.29 is 18.3 Å². The Morgan fingerprint density at radius 3 is 2.79 bits per heavy atom. The van der Waals surface area contributed by atoms with Crippen LogP contribution in [0.3, 0.4) is 0 Å². The molecule has 1 N–H and O–H groups in total. The normalized spacial score (nSPS) is 22.5. The van der Waals surface area contributed by atoms with Crippen LogP contribution in [0.2, 0.25) is 0 Å². The minimum absolute atomic E-state index is 0.162. The van der Waals surface area contributed by atoms with Gasteiger partial charge in [-0.1, -0.05) is 19.1 Å². The fourth-order valence-electron chi connectivity index (χ4n) is 2.32. The predicted molar refractivity (Wildman–Crippen MR) is 71.6 cm³/mol. The van der Waals surface area contributed by atoms with Gasteiger partial charge >= 0.3 is 5.97 Å². The van der Waals surface area contributed by atoms with Crippen LogP contribution in [-0.2, 0) is 16.4 Å². The summed E-state index contributed by atoms with van der Waals surface area (Å²) in [5.41, 5.74) is 1.07. The van der Waals surface area contributed by atoms with Crippen molar-refractivity contribution in [3.63, 3.8) is 0 Å². The molecule has 0 bridgehead atoms. The molecule has 0 radical (unpaired) electrons. The number of hydrogen-bond acceptors (Lipinski definition) is 3. The first kappa shape index (κ1) is 14.0. The molecule has 5 nitrogen and oxygen atoms in total. The second-order valence-corrected chi connectivity index (χ2v) is 7.01. The molecular formula is C13H17NO4S. The first-order chi connectivity index (χ1) is 8.88. The zero-order valence-corrected chi connectivity index (χ0v) is 11.6. The summed E-state index contributed by atoms with van der Waals surface area (Å²) >= 11 is 0. The highest BCUT2D eigenvalue weighted by atomic mass is 32.2. The molecule has 0 aliphatic carbocycles. The lowest BCUT2D eigenvalue weighted by atomic mass is 10.1. The highest BCUT2D eigenvalue weighted by Crippen LogP contribution is 2.19. The van der Waals surface area contributed by atoms with Crippen LogP contribution in [0.15, 0.2) is 24.3 Å². The zero-order chi connectivity index (χ0) is 14.0. The number of nitrogens with zero attached hydrogens (tertiary/aromatic N) is 1. The molecule has 1 saturated heterocycles. The van der Waals surface area contributed by atoms with Gasteiger partial charge in [-0.2, -0.15) is 0 Å². The van der Waals surface area contributed by atoms with Gasteiger partial charge in [0.1, 0.15) is 0 Å². The summed E-state index contributed by atoms with van der Waals surface area (Å²) < 4.78 is 25.1. The molecule has 1 aromatic carbocycles. The van der Waals surface area contributed by atoms with Crippen molar-refractivity contribution in [1.82, 2.24) is 4.31 Å². The molecule has 0 spiro atoms. The second kappa shape index (κ2) is 5.30. The van der Waals surface area contributed by atoms with E-state index in [0.717, 1.165) is 5.56 Å². The Morgan fingerprint density at radius 2 is 2.21 bits per heavy atom. The fraction of sp³-hybridized carbons (Fsp3) is 0.462. The Balaban J connectivity index is 2.03. The number of rotatable bonds is 4. The van der Waals surface area contributed by atoms with Crippen molar-refractivity contribution in [1.29, 1.82) is 0 Å². The van der Waals surface area contributed by atoms with Crippen LogP contribution in [0.5, 0.6) is 0 Å². The molecule has 0 aromatic heterocycles. The van der Waals surface area contributed by atoms with Crippen LogP contribution in [0, 0.1) is 5.92 Å². The molecule has 19 heavy (non-hydrogen) atoms. The van der Waals surface area contributed by atoms with Crippen LogP contribution in [0.1, 0.15) is 22.8 Å². The van der Waals surface area contributed by atoms with E-state index >= 15 is 0 Å². The lowest BCUT2D eigenvalue weighted by molar-refractivity contribution is 0.0696. The van der Waals surface area contributed by atoms with Gasteiger partial charge < -0.3 is 5.11 Å². The third kappa shape index (κ3) is 3.33. The van der Waals surface area contributed by atoms with Crippen LogP contribution >= 0.6 is 0 Å². The number of sulfonamides is 1. The minimum atomic E-state index is -3.12. The van der Waals surface area contributed by atoms with Gasteiger partial charge in [-0.25, -0.2) is 17.5 Å². The Labute approximate surface area is 112 Å². The van der Waals surface area contributed by atoms with E-state index in [-0.39, 0.29) is 17.2 Å². The second-order valence-electron chi connectivity index (χ2n) is 5.00. The Hall–Kier alpha value is -1.40. The molecule has 1 unspecified atom stereocenters. The standard InChI is InChI=1S/C13H17NO4S/c1-10-8-14(19(17,18)9-10)6-5-11-3-2-4-12(7-11)13(15)16/h2-4,7,10H,5-6,8-9H2,1H3,(H,15,16). The van der Waals surface area contributed by atoms with Gasteiger partial charge in [0.2, 0.25) is 10.0 Å². The van der Waals surface area contributed by atoms with Crippen molar-refractivity contribution in [3.8, 4) is 0 Å². The molecule has 0 amide bonds. The van der Waals surface area contributed by atoms with Gasteiger partial charge in [-0.3, -0.25) is 0 Å². The van der Waals surface area contributed by atoms with Gasteiger partial charge in [0.15, 0.2) is 0 Å². The highest BCUT2D eigenvalue weighted by Gasteiger charge is 2.32. The summed E-state index contributed by atoms with van der Waals surface area (Å²) in [6, 6.07) is 6.62. The average molecular weight is 283 g/mol. The van der Waals surface area contributed by atoms with E-state index < -0.39 is 16.0 Å². The number of carboxylic acid groups (broad SMARTS) is 1. The molecule has 2 rings (SSSR count). The van der Waals surface area contributed by atoms with Crippen molar-refractivity contribution in [2.75, 3.05) is 18.8 Å². The number of carbonyl (C=O) groups is 1. The van der Waals surface area contributed by atoms with Crippen molar-refractivity contribution >= 4 is 16.0 Å². The molecule has 1 heterocycles. The van der Waals surface area contributed by atoms with Gasteiger partial charge in [-0.05, 0) is 30.0 Å². The molecule has 1 aliphatic rings. The smallest absolute Gasteiger partial charge is 0.335 e. The summed E-state index contributed by atoms with van der Waals surface area (Å²) in [5, 5.41) is 8.90. The third-order valence-corrected chi connectivity index (χ3v) is 5.34. The van der Waals surface area contributed by atoms with Crippen molar-refractivity contribution in [2.24, 2.45) is 5.92 Å². The molecule has 1 fully saturated rings. The fourth-order valence-corrected chi connectivity index (χ4v) is 4.21. The SMILES string of the molecule is CC1CN(CCc2cccc(C(=O)O)c2)S(=O)(=O)C1. The molecule has 1 aliphatic heterocycles. The summed E-state index contributed by atoms with van der Waals surface area (Å²) in [6.45, 7) is 2.89. The molecule has 104 valence electrons. The Bertz CT molecular complexity index is 582. The van der Waals surface area contributed by atoms with Crippen LogP contribution in [-0.4, -0.2) is 42.6 Å². The van der Waals surface area contributed by atoms with E-state index in [2.05, 4.69) is 0 Å². The van der Waals surface area contributed by atoms with E-state index in [1.165, 1.54) is 10.4 Å². The summed E-state index contributed by atoms with van der Waals surface area (Å²) in [5.74, 6) is -0.595. The topological polar surface area (TPSA) is 74.7 Å². The predicted octanol–water partition coefficient (Wildman–Crippen LogP) is 1.21. The van der Waals surface area contributed by atoms with E-state index in [9.17, 15) is 13.2 Å². The minimum Gasteiger partial charge on any atom is -0.478 e. The first-order valence-electron chi connectivity index (χ1n) is 6.18. The first-order valence-corrected chi connectivity index (χ1v) is 7.79. The maximum Gasteiger partial charge on any atom is 0.335 e. The number of aromatic carboxylic acids is 1.